The van der Waals surface area contributed by atoms with Crippen molar-refractivity contribution in [3.05, 3.63) is 40.2 Å². The van der Waals surface area contributed by atoms with Gasteiger partial charge in [-0.3, -0.25) is 0 Å². The van der Waals surface area contributed by atoms with Crippen molar-refractivity contribution in [1.82, 2.24) is 15.1 Å². The molecule has 0 unspecified atom stereocenters. The maximum Gasteiger partial charge on any atom is 0.277 e. The summed E-state index contributed by atoms with van der Waals surface area (Å²) >= 11 is 1.61. The summed E-state index contributed by atoms with van der Waals surface area (Å²) in [5.74, 6) is 1.42. The molecule has 116 valence electrons. The molecule has 2 heterocycles. The number of benzene rings is 1. The van der Waals surface area contributed by atoms with E-state index < -0.39 is 0 Å². The molecule has 1 aromatic carbocycles. The molecule has 2 N–H and O–H groups in total. The Kier molecular flexibility index (Phi) is 5.28. The molecule has 0 radical (unpaired) electrons. The van der Waals surface area contributed by atoms with Crippen LogP contribution in [0.2, 0.25) is 0 Å². The van der Waals surface area contributed by atoms with Crippen LogP contribution in [0.25, 0.3) is 23.0 Å². The smallest absolute Gasteiger partial charge is 0.277 e. The van der Waals surface area contributed by atoms with E-state index in [9.17, 15) is 0 Å². The number of hydrogen-bond donors (Lipinski definition) is 1. The fourth-order valence-corrected chi connectivity index (χ4v) is 2.69. The Morgan fingerprint density at radius 1 is 1.18 bits per heavy atom. The summed E-state index contributed by atoms with van der Waals surface area (Å²) in [4.78, 5) is 8.93. The van der Waals surface area contributed by atoms with E-state index in [1.807, 2.05) is 29.6 Å². The maximum atomic E-state index is 5.59. The molecule has 0 aliphatic carbocycles. The fraction of sp³-hybridized carbons (Fsp3) is 0.267. The van der Waals surface area contributed by atoms with Crippen LogP contribution in [0, 0.1) is 0 Å². The second-order valence-electron chi connectivity index (χ2n) is 5.05. The fourth-order valence-electron chi connectivity index (χ4n) is 1.89. The average molecular weight is 337 g/mol. The lowest BCUT2D eigenvalue weighted by atomic mass is 10.1. The van der Waals surface area contributed by atoms with E-state index in [0.29, 0.717) is 24.2 Å². The molecular weight excluding hydrogens is 320 g/mol. The van der Waals surface area contributed by atoms with Crippen molar-refractivity contribution in [2.24, 2.45) is 5.73 Å². The van der Waals surface area contributed by atoms with Crippen LogP contribution in [0.15, 0.2) is 34.2 Å². The van der Waals surface area contributed by atoms with E-state index in [0.717, 1.165) is 21.8 Å². The third kappa shape index (κ3) is 3.35. The van der Waals surface area contributed by atoms with Crippen LogP contribution >= 0.6 is 23.7 Å². The summed E-state index contributed by atoms with van der Waals surface area (Å²) in [6, 6.07) is 7.81. The van der Waals surface area contributed by atoms with Gasteiger partial charge in [-0.2, -0.15) is 4.98 Å². The van der Waals surface area contributed by atoms with Crippen LogP contribution in [-0.4, -0.2) is 15.1 Å². The molecule has 0 saturated carbocycles. The first kappa shape index (κ1) is 16.6. The second-order valence-corrected chi connectivity index (χ2v) is 5.94. The number of aromatic nitrogens is 3. The lowest BCUT2D eigenvalue weighted by molar-refractivity contribution is 0.431. The quantitative estimate of drug-likeness (QED) is 0.782. The van der Waals surface area contributed by atoms with Gasteiger partial charge in [-0.05, 0) is 5.56 Å². The van der Waals surface area contributed by atoms with Gasteiger partial charge in [-0.15, -0.1) is 23.7 Å². The maximum absolute atomic E-state index is 5.59. The Morgan fingerprint density at radius 3 is 2.50 bits per heavy atom. The van der Waals surface area contributed by atoms with Crippen LogP contribution < -0.4 is 5.73 Å². The first-order valence-corrected chi connectivity index (χ1v) is 7.64. The third-order valence-corrected chi connectivity index (χ3v) is 4.25. The van der Waals surface area contributed by atoms with Crippen molar-refractivity contribution >= 4 is 23.7 Å². The summed E-state index contributed by atoms with van der Waals surface area (Å²) in [6.45, 7) is 4.75. The van der Waals surface area contributed by atoms with E-state index in [1.54, 1.807) is 11.3 Å². The van der Waals surface area contributed by atoms with E-state index in [4.69, 9.17) is 10.3 Å². The number of nitrogens with zero attached hydrogens (tertiary/aromatic N) is 3. The molecule has 5 nitrogen and oxygen atoms in total. The molecule has 0 aliphatic rings. The Bertz CT molecular complexity index is 736. The highest BCUT2D eigenvalue weighted by molar-refractivity contribution is 7.10. The summed E-state index contributed by atoms with van der Waals surface area (Å²) < 4.78 is 5.31. The minimum atomic E-state index is 0. The zero-order valence-electron chi connectivity index (χ0n) is 12.3. The van der Waals surface area contributed by atoms with Crippen LogP contribution in [0.4, 0.5) is 0 Å². The van der Waals surface area contributed by atoms with Crippen molar-refractivity contribution in [3.63, 3.8) is 0 Å². The van der Waals surface area contributed by atoms with E-state index >= 15 is 0 Å². The minimum absolute atomic E-state index is 0. The number of nitrogens with two attached hydrogens (primary N) is 1. The van der Waals surface area contributed by atoms with Crippen molar-refractivity contribution in [3.8, 4) is 23.0 Å². The van der Waals surface area contributed by atoms with Gasteiger partial charge in [0.15, 0.2) is 0 Å². The number of rotatable bonds is 4. The van der Waals surface area contributed by atoms with Gasteiger partial charge in [-0.1, -0.05) is 43.3 Å². The van der Waals surface area contributed by atoms with Gasteiger partial charge < -0.3 is 10.3 Å². The van der Waals surface area contributed by atoms with Crippen molar-refractivity contribution in [2.75, 3.05) is 0 Å². The number of hydrogen-bond acceptors (Lipinski definition) is 6. The van der Waals surface area contributed by atoms with Gasteiger partial charge in [0.05, 0.1) is 5.01 Å². The predicted molar refractivity (Wildman–Crippen MR) is 90.1 cm³/mol. The zero-order valence-corrected chi connectivity index (χ0v) is 13.9. The Morgan fingerprint density at radius 2 is 1.91 bits per heavy atom. The largest absolute Gasteiger partial charge is 0.332 e. The van der Waals surface area contributed by atoms with Gasteiger partial charge in [-0.25, -0.2) is 4.98 Å². The lowest BCUT2D eigenvalue weighted by Gasteiger charge is -1.97. The normalized spacial score (nSPS) is 10.7. The Hall–Kier alpha value is -1.76. The standard InChI is InChI=1S/C15H16N4OS.ClH/c1-9(2)15-17-12(8-21-15)14-18-13(19-20-14)11-5-3-10(7-16)4-6-11;/h3-6,8-9H,7,16H2,1-2H3;1H. The topological polar surface area (TPSA) is 77.8 Å². The third-order valence-electron chi connectivity index (χ3n) is 3.11. The molecule has 0 aliphatic heterocycles. The van der Waals surface area contributed by atoms with Crippen molar-refractivity contribution in [1.29, 1.82) is 0 Å². The average Bonchev–Trinajstić information content (AvgIpc) is 3.16. The van der Waals surface area contributed by atoms with Gasteiger partial charge in [0.25, 0.3) is 5.89 Å². The van der Waals surface area contributed by atoms with Crippen molar-refractivity contribution < 1.29 is 4.52 Å². The zero-order chi connectivity index (χ0) is 14.8. The minimum Gasteiger partial charge on any atom is -0.332 e. The van der Waals surface area contributed by atoms with Crippen LogP contribution in [-0.2, 0) is 6.54 Å². The van der Waals surface area contributed by atoms with E-state index in [2.05, 4.69) is 29.0 Å². The highest BCUT2D eigenvalue weighted by Crippen LogP contribution is 2.26. The highest BCUT2D eigenvalue weighted by atomic mass is 35.5. The number of thiazole rings is 1. The Balaban J connectivity index is 0.00000176. The molecule has 0 atom stereocenters. The molecule has 3 rings (SSSR count). The SMILES string of the molecule is CC(C)c1nc(-c2nc(-c3ccc(CN)cc3)no2)cs1.Cl. The number of halogens is 1. The molecule has 22 heavy (non-hydrogen) atoms. The van der Waals surface area contributed by atoms with Crippen LogP contribution in [0.1, 0.15) is 30.3 Å². The molecule has 0 bridgehead atoms. The highest BCUT2D eigenvalue weighted by Gasteiger charge is 2.14. The van der Waals surface area contributed by atoms with Gasteiger partial charge >= 0.3 is 0 Å². The lowest BCUT2D eigenvalue weighted by Crippen LogP contribution is -1.95. The molecule has 2 aromatic heterocycles. The first-order valence-electron chi connectivity index (χ1n) is 6.76. The van der Waals surface area contributed by atoms with Crippen LogP contribution in [0.5, 0.6) is 0 Å². The molecular formula is C15H17ClN4OS. The summed E-state index contributed by atoms with van der Waals surface area (Å²) in [6.07, 6.45) is 0. The first-order chi connectivity index (χ1) is 10.2. The Labute approximate surface area is 139 Å². The molecule has 0 fully saturated rings. The predicted octanol–water partition coefficient (Wildman–Crippen LogP) is 3.86. The second kappa shape index (κ2) is 7.00. The van der Waals surface area contributed by atoms with Crippen molar-refractivity contribution in [2.45, 2.75) is 26.3 Å². The van der Waals surface area contributed by atoms with Gasteiger partial charge in [0.2, 0.25) is 5.82 Å². The summed E-state index contributed by atoms with van der Waals surface area (Å²) in [5.41, 5.74) is 8.30. The monoisotopic (exact) mass is 336 g/mol. The molecule has 3 aromatic rings. The van der Waals surface area contributed by atoms with E-state index in [1.165, 1.54) is 0 Å². The molecule has 0 spiro atoms. The molecule has 7 heteroatoms. The van der Waals surface area contributed by atoms with Gasteiger partial charge in [0.1, 0.15) is 5.69 Å². The summed E-state index contributed by atoms with van der Waals surface area (Å²) in [7, 11) is 0. The van der Waals surface area contributed by atoms with Gasteiger partial charge in [0, 0.05) is 23.4 Å². The van der Waals surface area contributed by atoms with Crippen LogP contribution in [0.3, 0.4) is 0 Å². The molecule has 0 saturated heterocycles. The van der Waals surface area contributed by atoms with E-state index in [-0.39, 0.29) is 12.4 Å². The summed E-state index contributed by atoms with van der Waals surface area (Å²) in [5, 5.41) is 7.03. The molecule has 0 amide bonds.